The Kier molecular flexibility index (Phi) is 12.1. The molecule has 0 aliphatic carbocycles. The summed E-state index contributed by atoms with van der Waals surface area (Å²) < 4.78 is 9.14. The van der Waals surface area contributed by atoms with Gasteiger partial charge in [-0.2, -0.15) is 0 Å². The number of benzene rings is 7. The van der Waals surface area contributed by atoms with E-state index in [0.717, 1.165) is 56.5 Å². The van der Waals surface area contributed by atoms with Crippen molar-refractivity contribution in [2.45, 2.75) is 106 Å². The zero-order chi connectivity index (χ0) is 49.2. The molecule has 5 nitrogen and oxygen atoms in total. The molecule has 0 amide bonds. The van der Waals surface area contributed by atoms with Crippen LogP contribution in [-0.4, -0.2) is 16.6 Å². The van der Waals surface area contributed by atoms with Gasteiger partial charge in [-0.25, -0.2) is 4.98 Å². The fraction of sp³-hybridized carbons (Fsp3) is 0.266. The molecule has 5 heteroatoms. The molecule has 1 N–H and O–H groups in total. The van der Waals surface area contributed by atoms with E-state index in [2.05, 4.69) is 251 Å². The lowest BCUT2D eigenvalue weighted by molar-refractivity contribution is 0.483. The summed E-state index contributed by atoms with van der Waals surface area (Å²) in [5.74, 6) is 2.41. The van der Waals surface area contributed by atoms with Crippen molar-refractivity contribution in [3.63, 3.8) is 0 Å². The standard InChI is InChI=1S/C64H68N4O/c1-40-29-41(2)31-44(30-40)45-32-46(61-42(3)17-15-18-43(61)4)34-50(33-45)66-56-26-22-48(63(8,9)10)36-59(56)67(14)51-19-16-20-52(38-51)69-53-23-25-55-54-24-21-47(62(5,6)7)35-57(54)68(58(55)39-53)60-37-49(27-28-65-60)64(11,12)13/h15-39,66H,1-14H3. The largest absolute Gasteiger partial charge is 0.457 e. The van der Waals surface area contributed by atoms with Gasteiger partial charge < -0.3 is 15.0 Å². The number of aryl methyl sites for hydroxylation is 4. The zero-order valence-corrected chi connectivity index (χ0v) is 43.2. The molecular formula is C64H68N4O. The van der Waals surface area contributed by atoms with Crippen LogP contribution in [0.5, 0.6) is 11.5 Å². The highest BCUT2D eigenvalue weighted by molar-refractivity contribution is 6.09. The maximum atomic E-state index is 6.83. The summed E-state index contributed by atoms with van der Waals surface area (Å²) in [7, 11) is 2.15. The number of aromatic nitrogens is 2. The van der Waals surface area contributed by atoms with E-state index in [4.69, 9.17) is 9.72 Å². The Bertz CT molecular complexity index is 3360. The quantitative estimate of drug-likeness (QED) is 0.157. The van der Waals surface area contributed by atoms with E-state index in [9.17, 15) is 0 Å². The first-order chi connectivity index (χ1) is 32.6. The van der Waals surface area contributed by atoms with Crippen molar-refractivity contribution < 1.29 is 4.74 Å². The van der Waals surface area contributed by atoms with Crippen LogP contribution in [0.15, 0.2) is 152 Å². The average Bonchev–Trinajstić information content (AvgIpc) is 3.60. The van der Waals surface area contributed by atoms with Crippen molar-refractivity contribution in [2.75, 3.05) is 17.3 Å². The SMILES string of the molecule is Cc1cc(C)cc(-c2cc(Nc3ccc(C(C)(C)C)cc3N(C)c3cccc(Oc4ccc5c6ccc(C(C)(C)C)cc6n(-c6cc(C(C)(C)C)ccn6)c5c4)c3)cc(-c3c(C)cccc3C)c2)c1. The van der Waals surface area contributed by atoms with Gasteiger partial charge in [0.2, 0.25) is 0 Å². The molecule has 0 unspecified atom stereocenters. The highest BCUT2D eigenvalue weighted by Gasteiger charge is 2.23. The van der Waals surface area contributed by atoms with Gasteiger partial charge in [0, 0.05) is 47.5 Å². The smallest absolute Gasteiger partial charge is 0.137 e. The molecule has 0 saturated carbocycles. The number of fused-ring (bicyclic) bond motifs is 3. The molecule has 350 valence electrons. The molecule has 0 atom stereocenters. The maximum absolute atomic E-state index is 6.83. The zero-order valence-electron chi connectivity index (χ0n) is 43.2. The molecular weight excluding hydrogens is 841 g/mol. The molecule has 0 radical (unpaired) electrons. The van der Waals surface area contributed by atoms with E-state index in [-0.39, 0.29) is 16.2 Å². The van der Waals surface area contributed by atoms with E-state index < -0.39 is 0 Å². The fourth-order valence-corrected chi connectivity index (χ4v) is 9.77. The lowest BCUT2D eigenvalue weighted by Gasteiger charge is -2.28. The molecule has 9 rings (SSSR count). The van der Waals surface area contributed by atoms with Crippen LogP contribution < -0.4 is 15.0 Å². The summed E-state index contributed by atoms with van der Waals surface area (Å²) in [4.78, 5) is 7.25. The van der Waals surface area contributed by atoms with Gasteiger partial charge in [0.05, 0.1) is 22.4 Å². The Morgan fingerprint density at radius 3 is 1.75 bits per heavy atom. The highest BCUT2D eigenvalue weighted by Crippen LogP contribution is 2.42. The molecule has 2 heterocycles. The number of rotatable bonds is 9. The van der Waals surface area contributed by atoms with E-state index >= 15 is 0 Å². The third-order valence-corrected chi connectivity index (χ3v) is 13.6. The van der Waals surface area contributed by atoms with Crippen LogP contribution in [0.4, 0.5) is 22.7 Å². The lowest BCUT2D eigenvalue weighted by atomic mass is 9.86. The Hall–Kier alpha value is -7.11. The number of nitrogens with zero attached hydrogens (tertiary/aromatic N) is 3. The third kappa shape index (κ3) is 9.65. The van der Waals surface area contributed by atoms with Gasteiger partial charge in [0.25, 0.3) is 0 Å². The molecule has 0 spiro atoms. The summed E-state index contributed by atoms with van der Waals surface area (Å²) in [5, 5.41) is 6.29. The Balaban J connectivity index is 1.11. The second kappa shape index (κ2) is 17.8. The van der Waals surface area contributed by atoms with E-state index in [0.29, 0.717) is 0 Å². The number of nitrogens with one attached hydrogen (secondary N) is 1. The summed E-state index contributed by atoms with van der Waals surface area (Å²) in [6.07, 6.45) is 1.94. The van der Waals surface area contributed by atoms with Crippen molar-refractivity contribution in [1.82, 2.24) is 9.55 Å². The van der Waals surface area contributed by atoms with Crippen LogP contribution in [0.1, 0.15) is 101 Å². The number of hydrogen-bond acceptors (Lipinski definition) is 4. The maximum Gasteiger partial charge on any atom is 0.137 e. The number of hydrogen-bond donors (Lipinski definition) is 1. The molecule has 0 bridgehead atoms. The predicted molar refractivity (Wildman–Crippen MR) is 295 cm³/mol. The second-order valence-electron chi connectivity index (χ2n) is 22.4. The van der Waals surface area contributed by atoms with Gasteiger partial charge in [-0.15, -0.1) is 0 Å². The molecule has 0 aliphatic rings. The van der Waals surface area contributed by atoms with Crippen LogP contribution in [0, 0.1) is 27.7 Å². The average molecular weight is 909 g/mol. The minimum atomic E-state index is -0.0590. The van der Waals surface area contributed by atoms with Crippen LogP contribution in [0.2, 0.25) is 0 Å². The molecule has 0 fully saturated rings. The van der Waals surface area contributed by atoms with E-state index in [1.807, 2.05) is 12.3 Å². The fourth-order valence-electron chi connectivity index (χ4n) is 9.77. The third-order valence-electron chi connectivity index (χ3n) is 13.6. The molecule has 2 aromatic heterocycles. The summed E-state index contributed by atoms with van der Waals surface area (Å²) in [6.45, 7) is 29.1. The molecule has 9 aromatic rings. The first-order valence-electron chi connectivity index (χ1n) is 24.4. The summed E-state index contributed by atoms with van der Waals surface area (Å²) >= 11 is 0. The van der Waals surface area contributed by atoms with Crippen molar-refractivity contribution in [3.05, 3.63) is 191 Å². The summed E-state index contributed by atoms with van der Waals surface area (Å²) in [6, 6.07) is 53.2. The Labute approximate surface area is 410 Å². The van der Waals surface area contributed by atoms with Crippen LogP contribution in [0.25, 0.3) is 49.9 Å². The van der Waals surface area contributed by atoms with Gasteiger partial charge in [-0.3, -0.25) is 4.57 Å². The van der Waals surface area contributed by atoms with Gasteiger partial charge in [0.1, 0.15) is 17.3 Å². The highest BCUT2D eigenvalue weighted by atomic mass is 16.5. The van der Waals surface area contributed by atoms with E-state index in [1.165, 1.54) is 66.6 Å². The normalized spacial score (nSPS) is 12.2. The first-order valence-corrected chi connectivity index (χ1v) is 24.4. The van der Waals surface area contributed by atoms with Crippen LogP contribution >= 0.6 is 0 Å². The van der Waals surface area contributed by atoms with Gasteiger partial charge >= 0.3 is 0 Å². The van der Waals surface area contributed by atoms with Crippen molar-refractivity contribution in [3.8, 4) is 39.6 Å². The van der Waals surface area contributed by atoms with Crippen molar-refractivity contribution in [1.29, 1.82) is 0 Å². The summed E-state index contributed by atoms with van der Waals surface area (Å²) in [5.41, 5.74) is 19.9. The number of ether oxygens (including phenoxy) is 1. The predicted octanol–water partition coefficient (Wildman–Crippen LogP) is 17.9. The minimum absolute atomic E-state index is 0.0101. The first kappa shape index (κ1) is 47.0. The van der Waals surface area contributed by atoms with E-state index in [1.54, 1.807) is 0 Å². The monoisotopic (exact) mass is 909 g/mol. The van der Waals surface area contributed by atoms with Crippen LogP contribution in [0.3, 0.4) is 0 Å². The molecule has 0 aliphatic heterocycles. The van der Waals surface area contributed by atoms with Crippen molar-refractivity contribution in [2.24, 2.45) is 0 Å². The molecule has 0 saturated heterocycles. The second-order valence-corrected chi connectivity index (χ2v) is 22.4. The Morgan fingerprint density at radius 1 is 0.507 bits per heavy atom. The lowest BCUT2D eigenvalue weighted by Crippen LogP contribution is -2.16. The minimum Gasteiger partial charge on any atom is -0.457 e. The topological polar surface area (TPSA) is 42.3 Å². The molecule has 7 aromatic carbocycles. The number of anilines is 4. The van der Waals surface area contributed by atoms with Gasteiger partial charge in [-0.1, -0.05) is 134 Å². The van der Waals surface area contributed by atoms with Gasteiger partial charge in [-0.05, 0) is 167 Å². The Morgan fingerprint density at radius 2 is 1.07 bits per heavy atom. The van der Waals surface area contributed by atoms with Crippen molar-refractivity contribution >= 4 is 44.6 Å². The molecule has 69 heavy (non-hydrogen) atoms. The van der Waals surface area contributed by atoms with Gasteiger partial charge in [0.15, 0.2) is 0 Å². The number of pyridine rings is 1. The van der Waals surface area contributed by atoms with Crippen LogP contribution in [-0.2, 0) is 16.2 Å².